The van der Waals surface area contributed by atoms with Crippen LogP contribution >= 0.6 is 43.2 Å². The highest BCUT2D eigenvalue weighted by atomic mass is 33.1. The summed E-state index contributed by atoms with van der Waals surface area (Å²) < 4.78 is 116. The molecule has 0 aliphatic carbocycles. The topological polar surface area (TPSA) is 330 Å². The SMILES string of the molecule is CCCCCCCC(CCCCCCCCCCCCCCCCCCCCCCCCCCCC(CCCCC)c1cn(CCOCCOCCOCCOCCOCCOCCOCCOCCOCCOCCNC(=O)CCSSc2ccccn2)nn1)c1cn(CCOCCOCCOCCOCCOCCOCCOCCOCCOCCOCCNC(=O)CCSSc2ccccn2)nn1. The van der Waals surface area contributed by atoms with E-state index in [-0.39, 0.29) is 11.8 Å². The summed E-state index contributed by atoms with van der Waals surface area (Å²) in [5.74, 6) is 2.44. The quantitative estimate of drug-likeness (QED) is 0.0306. The molecule has 4 aromatic heterocycles. The van der Waals surface area contributed by atoms with E-state index in [9.17, 15) is 9.59 Å². The molecule has 2 amide bonds. The fraction of sp³-hybridized carbons (Fsp3) is 0.848. The Kier molecular flexibility index (Phi) is 97.3. The molecule has 0 spiro atoms. The van der Waals surface area contributed by atoms with Crippen molar-refractivity contribution in [2.45, 2.75) is 299 Å². The average molecular weight is 2070 g/mol. The van der Waals surface area contributed by atoms with E-state index in [1.165, 1.54) is 238 Å². The molecule has 2 atom stereocenters. The maximum Gasteiger partial charge on any atom is 0.220 e. The van der Waals surface area contributed by atoms with Gasteiger partial charge in [0.1, 0.15) is 10.1 Å². The van der Waals surface area contributed by atoms with Crippen LogP contribution < -0.4 is 10.6 Å². The van der Waals surface area contributed by atoms with E-state index in [1.54, 1.807) is 55.6 Å². The molecule has 4 heterocycles. The highest BCUT2D eigenvalue weighted by Crippen LogP contribution is 2.32. The van der Waals surface area contributed by atoms with E-state index in [0.29, 0.717) is 315 Å². The van der Waals surface area contributed by atoms with Crippen LogP contribution in [0.4, 0.5) is 0 Å². The third kappa shape index (κ3) is 88.7. The second-order valence-corrected chi connectivity index (χ2v) is 39.8. The Bertz CT molecular complexity index is 3210. The van der Waals surface area contributed by atoms with Gasteiger partial charge >= 0.3 is 0 Å². The van der Waals surface area contributed by atoms with Crippen LogP contribution in [-0.4, -0.2) is 341 Å². The number of rotatable bonds is 116. The second kappa shape index (κ2) is 106. The zero-order valence-corrected chi connectivity index (χ0v) is 90.5. The minimum atomic E-state index is 0.0159. The first-order valence-electron chi connectivity index (χ1n) is 54.3. The van der Waals surface area contributed by atoms with Crippen molar-refractivity contribution in [3.05, 3.63) is 72.6 Å². The average Bonchev–Trinajstić information content (AvgIpc) is 1.74. The molecule has 0 radical (unpaired) electrons. The molecular weight excluding hydrogens is 1880 g/mol. The van der Waals surface area contributed by atoms with E-state index in [2.05, 4.69) is 67.5 Å². The molecule has 2 N–H and O–H groups in total. The first-order chi connectivity index (χ1) is 70.0. The largest absolute Gasteiger partial charge is 0.377 e. The molecule has 4 rings (SSSR count). The summed E-state index contributed by atoms with van der Waals surface area (Å²) in [6, 6.07) is 11.6. The lowest BCUT2D eigenvalue weighted by Crippen LogP contribution is -2.27. The fourth-order valence-corrected chi connectivity index (χ4v) is 18.8. The van der Waals surface area contributed by atoms with Gasteiger partial charge < -0.3 is 105 Å². The minimum absolute atomic E-state index is 0.0159. The summed E-state index contributed by atoms with van der Waals surface area (Å²) in [6.07, 6.45) is 58.4. The zero-order valence-electron chi connectivity index (χ0n) is 87.2. The number of nitrogens with zero attached hydrogens (tertiary/aromatic N) is 8. The molecule has 0 aliphatic heterocycles. The summed E-state index contributed by atoms with van der Waals surface area (Å²) in [5.41, 5.74) is 2.30. The lowest BCUT2D eigenvalue weighted by molar-refractivity contribution is -0.121. The standard InChI is InChI=1S/C105H190N10O22S4/c1-3-5-7-29-33-41-99(101-97-115(113-111-101)53-57-121-61-65-125-69-73-129-77-81-133-85-89-137-93-91-135-87-83-131-79-75-127-71-67-123-63-59-119-55-51-107-103(117)47-95-139-141-105-45-37-39-49-109-105)43-35-31-28-26-24-22-20-18-16-14-12-10-8-9-11-13-15-17-19-21-23-25-27-30-34-42-98(40-32-6-4-2)100-96-114(112-110-100)52-56-120-60-64-124-68-72-128-76-80-132-84-88-136-92-90-134-86-82-130-78-74-126-70-66-122-62-58-118-54-50-106-102(116)46-94-138-140-104-44-36-38-48-108-104/h36-39,44-45,48-49,96-99H,3-35,40-43,46-47,50-95H2,1-2H3,(H,106,116)(H,107,117). The smallest absolute Gasteiger partial charge is 0.220 e. The van der Waals surface area contributed by atoms with Crippen LogP contribution in [0.1, 0.15) is 287 Å². The van der Waals surface area contributed by atoms with Crippen LogP contribution in [0.15, 0.2) is 71.2 Å². The van der Waals surface area contributed by atoms with Crippen LogP contribution in [0.25, 0.3) is 0 Å². The number of ether oxygens (including phenoxy) is 20. The Labute approximate surface area is 865 Å². The van der Waals surface area contributed by atoms with Crippen LogP contribution in [0.2, 0.25) is 0 Å². The molecule has 36 heteroatoms. The Morgan fingerprint density at radius 1 is 0.270 bits per heavy atom. The van der Waals surface area contributed by atoms with Crippen molar-refractivity contribution < 1.29 is 104 Å². The predicted molar refractivity (Wildman–Crippen MR) is 564 cm³/mol. The van der Waals surface area contributed by atoms with Gasteiger partial charge in [-0.15, -0.1) is 10.2 Å². The second-order valence-electron chi connectivity index (χ2n) is 34.9. The van der Waals surface area contributed by atoms with Crippen molar-refractivity contribution in [2.75, 3.05) is 289 Å². The number of nitrogens with one attached hydrogen (secondary N) is 2. The van der Waals surface area contributed by atoms with Gasteiger partial charge in [-0.1, -0.05) is 270 Å². The molecule has 32 nitrogen and oxygen atoms in total. The Balaban J connectivity index is 0.794. The van der Waals surface area contributed by atoms with Crippen LogP contribution in [0.3, 0.4) is 0 Å². The van der Waals surface area contributed by atoms with Gasteiger partial charge in [0.2, 0.25) is 11.8 Å². The summed E-state index contributed by atoms with van der Waals surface area (Å²) in [6.45, 7) is 26.7. The van der Waals surface area contributed by atoms with Crippen molar-refractivity contribution in [1.82, 2.24) is 50.6 Å². The molecule has 2 unspecified atom stereocenters. The molecule has 141 heavy (non-hydrogen) atoms. The van der Waals surface area contributed by atoms with Crippen LogP contribution in [0, 0.1) is 0 Å². The van der Waals surface area contributed by atoms with Gasteiger partial charge in [0.05, 0.1) is 289 Å². The highest BCUT2D eigenvalue weighted by molar-refractivity contribution is 8.77. The summed E-state index contributed by atoms with van der Waals surface area (Å²) in [4.78, 5) is 32.5. The Morgan fingerprint density at radius 2 is 0.475 bits per heavy atom. The molecule has 4 aromatic rings. The third-order valence-corrected chi connectivity index (χ3v) is 27.6. The molecule has 816 valence electrons. The van der Waals surface area contributed by atoms with Crippen molar-refractivity contribution in [3.8, 4) is 0 Å². The summed E-state index contributed by atoms with van der Waals surface area (Å²) in [7, 11) is 6.39. The minimum Gasteiger partial charge on any atom is -0.377 e. The van der Waals surface area contributed by atoms with Crippen LogP contribution in [-0.2, 0) is 117 Å². The maximum atomic E-state index is 12.0. The fourth-order valence-electron chi connectivity index (χ4n) is 15.0. The number of amides is 2. The number of carbonyl (C=O) groups excluding carboxylic acids is 2. The maximum absolute atomic E-state index is 12.0. The predicted octanol–water partition coefficient (Wildman–Crippen LogP) is 19.2. The number of unbranched alkanes of at least 4 members (excludes halogenated alkanes) is 30. The molecular formula is C105H190N10O22S4. The summed E-state index contributed by atoms with van der Waals surface area (Å²) in [5, 5.41) is 26.0. The van der Waals surface area contributed by atoms with Gasteiger partial charge in [0, 0.05) is 74.1 Å². The first-order valence-corrected chi connectivity index (χ1v) is 59.0. The van der Waals surface area contributed by atoms with Gasteiger partial charge in [0.15, 0.2) is 0 Å². The van der Waals surface area contributed by atoms with Gasteiger partial charge in [-0.2, -0.15) is 0 Å². The number of hydrogen-bond acceptors (Lipinski definition) is 32. The third-order valence-electron chi connectivity index (χ3n) is 23.0. The molecule has 0 fully saturated rings. The number of hydrogen-bond donors (Lipinski definition) is 2. The van der Waals surface area contributed by atoms with Crippen molar-refractivity contribution in [2.24, 2.45) is 0 Å². The number of carbonyl (C=O) groups is 2. The highest BCUT2D eigenvalue weighted by Gasteiger charge is 2.19. The van der Waals surface area contributed by atoms with E-state index < -0.39 is 0 Å². The molecule has 0 aromatic carbocycles. The number of pyridine rings is 2. The lowest BCUT2D eigenvalue weighted by atomic mass is 9.92. The Hall–Kier alpha value is -3.88. The van der Waals surface area contributed by atoms with Crippen molar-refractivity contribution >= 4 is 55.0 Å². The van der Waals surface area contributed by atoms with E-state index in [4.69, 9.17) is 94.7 Å². The molecule has 0 saturated carbocycles. The van der Waals surface area contributed by atoms with Gasteiger partial charge in [-0.25, -0.2) is 19.3 Å². The van der Waals surface area contributed by atoms with Gasteiger partial charge in [0.25, 0.3) is 0 Å². The zero-order chi connectivity index (χ0) is 99.6. The molecule has 0 bridgehead atoms. The van der Waals surface area contributed by atoms with Crippen molar-refractivity contribution in [3.63, 3.8) is 0 Å². The van der Waals surface area contributed by atoms with Gasteiger partial charge in [-0.3, -0.25) is 9.59 Å². The monoisotopic (exact) mass is 2070 g/mol. The normalized spacial score (nSPS) is 12.2. The van der Waals surface area contributed by atoms with E-state index >= 15 is 0 Å². The van der Waals surface area contributed by atoms with E-state index in [0.717, 1.165) is 32.9 Å². The molecule has 0 saturated heterocycles. The number of aromatic nitrogens is 8. The lowest BCUT2D eigenvalue weighted by Gasteiger charge is -2.14. The van der Waals surface area contributed by atoms with Gasteiger partial charge in [-0.05, 0) is 71.5 Å². The van der Waals surface area contributed by atoms with Crippen LogP contribution in [0.5, 0.6) is 0 Å². The molecule has 0 aliphatic rings. The Morgan fingerprint density at radius 3 is 0.702 bits per heavy atom. The summed E-state index contributed by atoms with van der Waals surface area (Å²) >= 11 is 0. The van der Waals surface area contributed by atoms with E-state index in [1.807, 2.05) is 45.8 Å². The van der Waals surface area contributed by atoms with Crippen molar-refractivity contribution in [1.29, 1.82) is 0 Å². The first kappa shape index (κ1) is 129.